The van der Waals surface area contributed by atoms with Crippen LogP contribution in [0.2, 0.25) is 0 Å². The fourth-order valence-corrected chi connectivity index (χ4v) is 5.37. The number of carbonyl (C=O) groups excluding carboxylic acids is 1. The lowest BCUT2D eigenvalue weighted by molar-refractivity contribution is -0.136. The highest BCUT2D eigenvalue weighted by Gasteiger charge is 2.50. The second kappa shape index (κ2) is 7.10. The minimum atomic E-state index is 0.169. The van der Waals surface area contributed by atoms with Gasteiger partial charge in [-0.3, -0.25) is 4.79 Å². The molecule has 3 fully saturated rings. The SMILES string of the molecule is O=C(Cc1ccco1)N1CC2(C[C@@H](OCC3CCOCC3)CS2)C1. The van der Waals surface area contributed by atoms with Gasteiger partial charge in [0.15, 0.2) is 0 Å². The molecule has 0 radical (unpaired) electrons. The molecule has 5 nitrogen and oxygen atoms in total. The third-order valence-electron chi connectivity index (χ3n) is 5.30. The Hall–Kier alpha value is -0.980. The zero-order valence-corrected chi connectivity index (χ0v) is 14.8. The molecule has 6 heteroatoms. The molecule has 3 aliphatic heterocycles. The Labute approximate surface area is 147 Å². The van der Waals surface area contributed by atoms with Crippen LogP contribution in [-0.2, 0) is 20.7 Å². The van der Waals surface area contributed by atoms with Gasteiger partial charge in [-0.25, -0.2) is 0 Å². The van der Waals surface area contributed by atoms with Crippen molar-refractivity contribution in [2.45, 2.75) is 36.5 Å². The van der Waals surface area contributed by atoms with E-state index in [4.69, 9.17) is 13.9 Å². The maximum Gasteiger partial charge on any atom is 0.230 e. The summed E-state index contributed by atoms with van der Waals surface area (Å²) in [7, 11) is 0. The number of thioether (sulfide) groups is 1. The molecule has 1 spiro atoms. The third-order valence-corrected chi connectivity index (χ3v) is 6.88. The van der Waals surface area contributed by atoms with Gasteiger partial charge in [0, 0.05) is 38.7 Å². The summed E-state index contributed by atoms with van der Waals surface area (Å²) in [4.78, 5) is 14.2. The van der Waals surface area contributed by atoms with E-state index >= 15 is 0 Å². The van der Waals surface area contributed by atoms with E-state index in [1.165, 1.54) is 0 Å². The van der Waals surface area contributed by atoms with Crippen LogP contribution in [0.5, 0.6) is 0 Å². The quantitative estimate of drug-likeness (QED) is 0.815. The Bertz CT molecular complexity index is 549. The summed E-state index contributed by atoms with van der Waals surface area (Å²) in [5.74, 6) is 2.64. The molecule has 0 aromatic carbocycles. The number of likely N-dealkylation sites (tertiary alicyclic amines) is 1. The maximum absolute atomic E-state index is 12.3. The van der Waals surface area contributed by atoms with E-state index in [0.29, 0.717) is 18.4 Å². The summed E-state index contributed by atoms with van der Waals surface area (Å²) in [5.41, 5.74) is 0. The van der Waals surface area contributed by atoms with Gasteiger partial charge in [0.25, 0.3) is 0 Å². The highest BCUT2D eigenvalue weighted by Crippen LogP contribution is 2.46. The van der Waals surface area contributed by atoms with E-state index in [9.17, 15) is 4.79 Å². The number of furan rings is 1. The summed E-state index contributed by atoms with van der Waals surface area (Å²) < 4.78 is 17.1. The smallest absolute Gasteiger partial charge is 0.230 e. The summed E-state index contributed by atoms with van der Waals surface area (Å²) in [6.45, 7) is 4.34. The molecule has 0 N–H and O–H groups in total. The average Bonchev–Trinajstić information content (AvgIpc) is 3.22. The first kappa shape index (κ1) is 16.5. The van der Waals surface area contributed by atoms with Crippen LogP contribution in [-0.4, -0.2) is 60.3 Å². The standard InChI is InChI=1S/C18H25NO4S/c20-17(8-15-2-1-5-22-15)19-12-18(13-19)9-16(11-24-18)23-10-14-3-6-21-7-4-14/h1-2,5,14,16H,3-4,6-13H2/t16-/m1/s1. The van der Waals surface area contributed by atoms with Crippen LogP contribution in [0.1, 0.15) is 25.0 Å². The monoisotopic (exact) mass is 351 g/mol. The van der Waals surface area contributed by atoms with Gasteiger partial charge in [-0.2, -0.15) is 0 Å². The first-order valence-electron chi connectivity index (χ1n) is 8.86. The highest BCUT2D eigenvalue weighted by atomic mass is 32.2. The van der Waals surface area contributed by atoms with Crippen LogP contribution in [0.25, 0.3) is 0 Å². The van der Waals surface area contributed by atoms with Gasteiger partial charge < -0.3 is 18.8 Å². The van der Waals surface area contributed by atoms with Gasteiger partial charge in [-0.15, -0.1) is 11.8 Å². The largest absolute Gasteiger partial charge is 0.469 e. The molecule has 132 valence electrons. The fourth-order valence-electron chi connectivity index (χ4n) is 3.81. The van der Waals surface area contributed by atoms with Gasteiger partial charge in [0.2, 0.25) is 5.91 Å². The van der Waals surface area contributed by atoms with Crippen LogP contribution in [0.3, 0.4) is 0 Å². The van der Waals surface area contributed by atoms with Crippen molar-refractivity contribution in [3.8, 4) is 0 Å². The average molecular weight is 351 g/mol. The van der Waals surface area contributed by atoms with Crippen molar-refractivity contribution >= 4 is 17.7 Å². The molecule has 3 saturated heterocycles. The Morgan fingerprint density at radius 1 is 1.38 bits per heavy atom. The molecule has 3 aliphatic rings. The third kappa shape index (κ3) is 3.65. The van der Waals surface area contributed by atoms with Crippen molar-refractivity contribution in [1.29, 1.82) is 0 Å². The molecule has 0 bridgehead atoms. The molecule has 1 amide bonds. The van der Waals surface area contributed by atoms with E-state index in [1.54, 1.807) is 6.26 Å². The molecule has 1 aromatic rings. The molecule has 1 aromatic heterocycles. The zero-order valence-electron chi connectivity index (χ0n) is 13.9. The number of amides is 1. The highest BCUT2D eigenvalue weighted by molar-refractivity contribution is 8.01. The van der Waals surface area contributed by atoms with Gasteiger partial charge >= 0.3 is 0 Å². The topological polar surface area (TPSA) is 51.9 Å². The van der Waals surface area contributed by atoms with E-state index in [-0.39, 0.29) is 10.7 Å². The number of ether oxygens (including phenoxy) is 2. The molecular weight excluding hydrogens is 326 g/mol. The molecule has 0 aliphatic carbocycles. The van der Waals surface area contributed by atoms with Crippen molar-refractivity contribution in [3.05, 3.63) is 24.2 Å². The fraction of sp³-hybridized carbons (Fsp3) is 0.722. The van der Waals surface area contributed by atoms with Crippen LogP contribution in [0, 0.1) is 5.92 Å². The van der Waals surface area contributed by atoms with Crippen LogP contribution in [0.15, 0.2) is 22.8 Å². The van der Waals surface area contributed by atoms with Crippen molar-refractivity contribution < 1.29 is 18.7 Å². The molecule has 4 rings (SSSR count). The Kier molecular flexibility index (Phi) is 4.88. The van der Waals surface area contributed by atoms with Crippen LogP contribution < -0.4 is 0 Å². The molecule has 4 heterocycles. The molecule has 0 unspecified atom stereocenters. The van der Waals surface area contributed by atoms with E-state index < -0.39 is 0 Å². The molecule has 24 heavy (non-hydrogen) atoms. The van der Waals surface area contributed by atoms with Crippen molar-refractivity contribution in [3.63, 3.8) is 0 Å². The van der Waals surface area contributed by atoms with E-state index in [2.05, 4.69) is 0 Å². The lowest BCUT2D eigenvalue weighted by Gasteiger charge is -2.47. The van der Waals surface area contributed by atoms with Crippen molar-refractivity contribution in [1.82, 2.24) is 4.90 Å². The minimum absolute atomic E-state index is 0.169. The van der Waals surface area contributed by atoms with E-state index in [1.807, 2.05) is 28.8 Å². The Balaban J connectivity index is 1.19. The van der Waals surface area contributed by atoms with Crippen molar-refractivity contribution in [2.24, 2.45) is 5.92 Å². The first-order chi connectivity index (χ1) is 11.7. The predicted octanol–water partition coefficient (Wildman–Crippen LogP) is 2.35. The van der Waals surface area contributed by atoms with Gasteiger partial charge in [0.1, 0.15) is 5.76 Å². The number of carbonyl (C=O) groups is 1. The second-order valence-electron chi connectivity index (χ2n) is 7.22. The normalized spacial score (nSPS) is 26.7. The van der Waals surface area contributed by atoms with Crippen LogP contribution >= 0.6 is 11.8 Å². The lowest BCUT2D eigenvalue weighted by atomic mass is 9.92. The predicted molar refractivity (Wildman–Crippen MR) is 92.1 cm³/mol. The molecule has 1 atom stereocenters. The van der Waals surface area contributed by atoms with Gasteiger partial charge in [-0.05, 0) is 37.3 Å². The maximum atomic E-state index is 12.3. The van der Waals surface area contributed by atoms with Gasteiger partial charge in [-0.1, -0.05) is 0 Å². The van der Waals surface area contributed by atoms with Crippen molar-refractivity contribution in [2.75, 3.05) is 38.7 Å². The second-order valence-corrected chi connectivity index (χ2v) is 8.70. The Morgan fingerprint density at radius 2 is 2.21 bits per heavy atom. The van der Waals surface area contributed by atoms with Gasteiger partial charge in [0.05, 0.1) is 23.5 Å². The van der Waals surface area contributed by atoms with Crippen LogP contribution in [0.4, 0.5) is 0 Å². The first-order valence-corrected chi connectivity index (χ1v) is 9.84. The lowest BCUT2D eigenvalue weighted by Crippen LogP contribution is -2.61. The number of nitrogens with zero attached hydrogens (tertiary/aromatic N) is 1. The molecule has 0 saturated carbocycles. The summed E-state index contributed by atoms with van der Waals surface area (Å²) in [5, 5.41) is 0. The Morgan fingerprint density at radius 3 is 2.96 bits per heavy atom. The zero-order chi connectivity index (χ0) is 16.4. The number of hydrogen-bond donors (Lipinski definition) is 0. The number of hydrogen-bond acceptors (Lipinski definition) is 5. The summed E-state index contributed by atoms with van der Waals surface area (Å²) >= 11 is 1.99. The van der Waals surface area contributed by atoms with E-state index in [0.717, 1.165) is 63.7 Å². The summed E-state index contributed by atoms with van der Waals surface area (Å²) in [6, 6.07) is 3.69. The molecular formula is C18H25NO4S. The minimum Gasteiger partial charge on any atom is -0.469 e. The summed E-state index contributed by atoms with van der Waals surface area (Å²) in [6.07, 6.45) is 5.66. The number of rotatable bonds is 5.